The fraction of sp³-hybridized carbons (Fsp3) is 0.467. The molecular formula is C15H20N2O3. The van der Waals surface area contributed by atoms with Gasteiger partial charge in [-0.2, -0.15) is 4.98 Å². The lowest BCUT2D eigenvalue weighted by Gasteiger charge is -2.21. The summed E-state index contributed by atoms with van der Waals surface area (Å²) in [5.41, 5.74) is 1.35. The summed E-state index contributed by atoms with van der Waals surface area (Å²) in [6, 6.07) is 5.40. The van der Waals surface area contributed by atoms with Crippen molar-refractivity contribution >= 4 is 23.1 Å². The van der Waals surface area contributed by atoms with Crippen LogP contribution in [0.1, 0.15) is 44.0 Å². The predicted octanol–water partition coefficient (Wildman–Crippen LogP) is 3.76. The summed E-state index contributed by atoms with van der Waals surface area (Å²) < 4.78 is 5.58. The first-order valence-electron chi connectivity index (χ1n) is 6.95. The second kappa shape index (κ2) is 5.94. The van der Waals surface area contributed by atoms with Gasteiger partial charge >= 0.3 is 5.97 Å². The third kappa shape index (κ3) is 2.92. The van der Waals surface area contributed by atoms with E-state index in [0.29, 0.717) is 23.0 Å². The third-order valence-corrected chi connectivity index (χ3v) is 3.74. The molecule has 2 aromatic rings. The number of fused-ring (bicyclic) bond motifs is 1. The zero-order valence-electron chi connectivity index (χ0n) is 12.0. The highest BCUT2D eigenvalue weighted by molar-refractivity contribution is 5.92. The zero-order chi connectivity index (χ0) is 14.7. The van der Waals surface area contributed by atoms with E-state index in [0.717, 1.165) is 12.8 Å². The number of carbonyl (C=O) groups is 1. The van der Waals surface area contributed by atoms with Gasteiger partial charge in [-0.1, -0.05) is 26.7 Å². The number of oxazole rings is 1. The molecule has 0 aliphatic carbocycles. The fourth-order valence-corrected chi connectivity index (χ4v) is 2.43. The van der Waals surface area contributed by atoms with Gasteiger partial charge in [0, 0.05) is 6.04 Å². The van der Waals surface area contributed by atoms with E-state index in [1.165, 1.54) is 12.1 Å². The maximum atomic E-state index is 10.9. The van der Waals surface area contributed by atoms with Gasteiger partial charge in [0.05, 0.1) is 5.56 Å². The van der Waals surface area contributed by atoms with Crippen LogP contribution < -0.4 is 5.32 Å². The normalized spacial score (nSPS) is 12.8. The summed E-state index contributed by atoms with van der Waals surface area (Å²) in [5.74, 6) is -0.414. The summed E-state index contributed by atoms with van der Waals surface area (Å²) in [6.45, 7) is 6.43. The molecular weight excluding hydrogens is 256 g/mol. The van der Waals surface area contributed by atoms with Crippen molar-refractivity contribution in [2.24, 2.45) is 5.92 Å². The van der Waals surface area contributed by atoms with Crippen LogP contribution in [-0.2, 0) is 0 Å². The lowest BCUT2D eigenvalue weighted by molar-refractivity contribution is 0.0697. The maximum Gasteiger partial charge on any atom is 0.335 e. The number of benzene rings is 1. The van der Waals surface area contributed by atoms with Gasteiger partial charge < -0.3 is 14.8 Å². The highest BCUT2D eigenvalue weighted by Crippen LogP contribution is 2.23. The van der Waals surface area contributed by atoms with Gasteiger partial charge in [0.2, 0.25) is 0 Å². The minimum absolute atomic E-state index is 0.202. The second-order valence-electron chi connectivity index (χ2n) is 5.02. The lowest BCUT2D eigenvalue weighted by atomic mass is 9.96. The first kappa shape index (κ1) is 14.4. The van der Waals surface area contributed by atoms with Crippen molar-refractivity contribution in [1.82, 2.24) is 4.98 Å². The lowest BCUT2D eigenvalue weighted by Crippen LogP contribution is -2.25. The average molecular weight is 276 g/mol. The van der Waals surface area contributed by atoms with Gasteiger partial charge in [0.1, 0.15) is 5.52 Å². The molecule has 0 saturated heterocycles. The highest BCUT2D eigenvalue weighted by Gasteiger charge is 2.16. The zero-order valence-corrected chi connectivity index (χ0v) is 12.0. The van der Waals surface area contributed by atoms with Crippen molar-refractivity contribution in [2.45, 2.75) is 39.7 Å². The van der Waals surface area contributed by atoms with Crippen molar-refractivity contribution in [3.63, 3.8) is 0 Å². The number of nitrogens with zero attached hydrogens (tertiary/aromatic N) is 1. The largest absolute Gasteiger partial charge is 0.478 e. The van der Waals surface area contributed by atoms with E-state index >= 15 is 0 Å². The summed E-state index contributed by atoms with van der Waals surface area (Å²) in [5, 5.41) is 12.2. The van der Waals surface area contributed by atoms with E-state index in [4.69, 9.17) is 9.52 Å². The Labute approximate surface area is 118 Å². The minimum Gasteiger partial charge on any atom is -0.478 e. The van der Waals surface area contributed by atoms with E-state index < -0.39 is 5.97 Å². The van der Waals surface area contributed by atoms with Gasteiger partial charge in [-0.05, 0) is 31.0 Å². The quantitative estimate of drug-likeness (QED) is 0.840. The van der Waals surface area contributed by atoms with E-state index in [1.807, 2.05) is 0 Å². The summed E-state index contributed by atoms with van der Waals surface area (Å²) in [6.07, 6.45) is 2.18. The molecule has 5 heteroatoms. The molecule has 0 aliphatic heterocycles. The Balaban J connectivity index is 2.21. The van der Waals surface area contributed by atoms with Crippen molar-refractivity contribution in [1.29, 1.82) is 0 Å². The number of rotatable bonds is 6. The second-order valence-corrected chi connectivity index (χ2v) is 5.02. The summed E-state index contributed by atoms with van der Waals surface area (Å²) in [4.78, 5) is 15.3. The molecule has 0 radical (unpaired) electrons. The number of carboxylic acids is 1. The van der Waals surface area contributed by atoms with Crippen LogP contribution in [0.15, 0.2) is 22.6 Å². The predicted molar refractivity (Wildman–Crippen MR) is 78.1 cm³/mol. The Morgan fingerprint density at radius 3 is 2.70 bits per heavy atom. The summed E-state index contributed by atoms with van der Waals surface area (Å²) in [7, 11) is 0. The molecule has 1 aromatic carbocycles. The summed E-state index contributed by atoms with van der Waals surface area (Å²) >= 11 is 0. The standard InChI is InChI=1S/C15H20N2O3/c1-4-10(5-2)9(3)16-15-17-12-7-6-11(14(18)19)8-13(12)20-15/h6-10H,4-5H2,1-3H3,(H,16,17)(H,18,19). The molecule has 5 nitrogen and oxygen atoms in total. The van der Waals surface area contributed by atoms with Gasteiger partial charge in [-0.3, -0.25) is 0 Å². The number of hydrogen-bond donors (Lipinski definition) is 2. The molecule has 0 spiro atoms. The molecule has 1 heterocycles. The fourth-order valence-electron chi connectivity index (χ4n) is 2.43. The monoisotopic (exact) mass is 276 g/mol. The molecule has 2 rings (SSSR count). The average Bonchev–Trinajstić information content (AvgIpc) is 2.80. The molecule has 108 valence electrons. The van der Waals surface area contributed by atoms with Crippen LogP contribution in [0.4, 0.5) is 6.01 Å². The molecule has 0 amide bonds. The molecule has 1 atom stereocenters. The Morgan fingerprint density at radius 1 is 1.40 bits per heavy atom. The van der Waals surface area contributed by atoms with Crippen molar-refractivity contribution in [3.05, 3.63) is 23.8 Å². The van der Waals surface area contributed by atoms with Gasteiger partial charge in [0.15, 0.2) is 5.58 Å². The van der Waals surface area contributed by atoms with Crippen LogP contribution in [0.3, 0.4) is 0 Å². The number of carboxylic acid groups (broad SMARTS) is 1. The number of nitrogens with one attached hydrogen (secondary N) is 1. The molecule has 0 aliphatic rings. The first-order valence-corrected chi connectivity index (χ1v) is 6.95. The maximum absolute atomic E-state index is 10.9. The molecule has 20 heavy (non-hydrogen) atoms. The Morgan fingerprint density at radius 2 is 2.10 bits per heavy atom. The molecule has 1 unspecified atom stereocenters. The number of anilines is 1. The number of aromatic carboxylic acids is 1. The van der Waals surface area contributed by atoms with Crippen LogP contribution in [0.5, 0.6) is 0 Å². The topological polar surface area (TPSA) is 75.4 Å². The van der Waals surface area contributed by atoms with Gasteiger partial charge in [0.25, 0.3) is 6.01 Å². The van der Waals surface area contributed by atoms with Crippen LogP contribution in [0, 0.1) is 5.92 Å². The van der Waals surface area contributed by atoms with Gasteiger partial charge in [-0.25, -0.2) is 4.79 Å². The van der Waals surface area contributed by atoms with Crippen LogP contribution in [0.2, 0.25) is 0 Å². The minimum atomic E-state index is -0.969. The van der Waals surface area contributed by atoms with Gasteiger partial charge in [-0.15, -0.1) is 0 Å². The van der Waals surface area contributed by atoms with Crippen molar-refractivity contribution in [2.75, 3.05) is 5.32 Å². The number of aromatic nitrogens is 1. The molecule has 0 saturated carbocycles. The Hall–Kier alpha value is -2.04. The highest BCUT2D eigenvalue weighted by atomic mass is 16.4. The van der Waals surface area contributed by atoms with Crippen molar-refractivity contribution < 1.29 is 14.3 Å². The van der Waals surface area contributed by atoms with Crippen LogP contribution >= 0.6 is 0 Å². The molecule has 0 bridgehead atoms. The smallest absolute Gasteiger partial charge is 0.335 e. The SMILES string of the molecule is CCC(CC)C(C)Nc1nc2ccc(C(=O)O)cc2o1. The van der Waals surface area contributed by atoms with E-state index in [1.54, 1.807) is 6.07 Å². The van der Waals surface area contributed by atoms with E-state index in [2.05, 4.69) is 31.1 Å². The molecule has 0 fully saturated rings. The van der Waals surface area contributed by atoms with Crippen molar-refractivity contribution in [3.8, 4) is 0 Å². The Bertz CT molecular complexity index is 602. The first-order chi connectivity index (χ1) is 9.55. The molecule has 2 N–H and O–H groups in total. The number of hydrogen-bond acceptors (Lipinski definition) is 4. The van der Waals surface area contributed by atoms with Crippen LogP contribution in [0.25, 0.3) is 11.1 Å². The third-order valence-electron chi connectivity index (χ3n) is 3.74. The molecule has 1 aromatic heterocycles. The van der Waals surface area contributed by atoms with E-state index in [9.17, 15) is 4.79 Å². The van der Waals surface area contributed by atoms with E-state index in [-0.39, 0.29) is 11.6 Å². The van der Waals surface area contributed by atoms with Crippen LogP contribution in [-0.4, -0.2) is 22.1 Å². The Kier molecular flexibility index (Phi) is 4.27.